The summed E-state index contributed by atoms with van der Waals surface area (Å²) in [6.07, 6.45) is 41.5. The van der Waals surface area contributed by atoms with Gasteiger partial charge in [0.15, 0.2) is 6.10 Å². The van der Waals surface area contributed by atoms with Crippen LogP contribution < -0.4 is 5.73 Å². The average Bonchev–Trinajstić information content (AvgIpc) is 3.14. The van der Waals surface area contributed by atoms with Crippen molar-refractivity contribution in [3.05, 3.63) is 60.8 Å². The van der Waals surface area contributed by atoms with Gasteiger partial charge in [0, 0.05) is 12.8 Å². The Morgan fingerprint density at radius 3 is 1.57 bits per heavy atom. The number of ether oxygens (including phenoxy) is 2. The van der Waals surface area contributed by atoms with Crippen LogP contribution in [0.2, 0.25) is 0 Å². The summed E-state index contributed by atoms with van der Waals surface area (Å²) in [5.41, 5.74) is 5.32. The fourth-order valence-corrected chi connectivity index (χ4v) is 5.81. The van der Waals surface area contributed by atoms with E-state index in [-0.39, 0.29) is 19.4 Å². The Balaban J connectivity index is 4.42. The van der Waals surface area contributed by atoms with Crippen molar-refractivity contribution in [1.82, 2.24) is 0 Å². The predicted octanol–water partition coefficient (Wildman–Crippen LogP) is 10.4. The van der Waals surface area contributed by atoms with Crippen LogP contribution in [0, 0.1) is 0 Å². The third kappa shape index (κ3) is 36.2. The lowest BCUT2D eigenvalue weighted by Gasteiger charge is -2.20. The molecule has 11 nitrogen and oxygen atoms in total. The van der Waals surface area contributed by atoms with Crippen molar-refractivity contribution >= 4 is 25.7 Å². The van der Waals surface area contributed by atoms with Crippen molar-refractivity contribution < 1.29 is 47.5 Å². The van der Waals surface area contributed by atoms with E-state index < -0.39 is 51.1 Å². The molecule has 0 aromatic carbocycles. The number of carbonyl (C=O) groups is 3. The smallest absolute Gasteiger partial charge is 0.472 e. The van der Waals surface area contributed by atoms with Crippen LogP contribution in [0.3, 0.4) is 0 Å². The number of carboxylic acid groups (broad SMARTS) is 1. The highest BCUT2D eigenvalue weighted by molar-refractivity contribution is 7.47. The third-order valence-electron chi connectivity index (χ3n) is 8.25. The van der Waals surface area contributed by atoms with E-state index in [2.05, 4.69) is 79.1 Å². The van der Waals surface area contributed by atoms with Gasteiger partial charge in [-0.1, -0.05) is 132 Å². The topological polar surface area (TPSA) is 172 Å². The Hall–Kier alpha value is -2.82. The van der Waals surface area contributed by atoms with E-state index in [4.69, 9.17) is 24.8 Å². The SMILES string of the molecule is CC/C=C\C/C=C\C/C=C\C/C=C\CCCCCCCCC(=O)OC(COC(=O)CCCCCCC/C=C\CCCC)COP(=O)(O)OCC(N)C(=O)O. The summed E-state index contributed by atoms with van der Waals surface area (Å²) in [4.78, 5) is 45.8. The Bertz CT molecular complexity index is 1150. The Kier molecular flexibility index (Phi) is 35.2. The fraction of sp³-hybridized carbons (Fsp3) is 0.690. The normalized spacial score (nSPS) is 14.4. The maximum absolute atomic E-state index is 12.6. The second-order valence-electron chi connectivity index (χ2n) is 13.4. The van der Waals surface area contributed by atoms with E-state index >= 15 is 0 Å². The minimum absolute atomic E-state index is 0.141. The van der Waals surface area contributed by atoms with Gasteiger partial charge >= 0.3 is 25.7 Å². The second kappa shape index (κ2) is 37.1. The first-order chi connectivity index (χ1) is 26.1. The van der Waals surface area contributed by atoms with Crippen molar-refractivity contribution in [2.24, 2.45) is 5.73 Å². The molecule has 0 aliphatic heterocycles. The quantitative estimate of drug-likeness (QED) is 0.0237. The molecule has 3 atom stereocenters. The average molecular weight is 782 g/mol. The molecule has 0 saturated carbocycles. The molecular weight excluding hydrogens is 709 g/mol. The maximum atomic E-state index is 12.6. The van der Waals surface area contributed by atoms with Gasteiger partial charge in [-0.05, 0) is 70.6 Å². The van der Waals surface area contributed by atoms with Gasteiger partial charge in [0.25, 0.3) is 0 Å². The number of esters is 2. The Morgan fingerprint density at radius 2 is 1.04 bits per heavy atom. The van der Waals surface area contributed by atoms with Crippen molar-refractivity contribution in [2.75, 3.05) is 19.8 Å². The molecule has 0 spiro atoms. The summed E-state index contributed by atoms with van der Waals surface area (Å²) in [6, 6.07) is -1.53. The second-order valence-corrected chi connectivity index (χ2v) is 14.8. The summed E-state index contributed by atoms with van der Waals surface area (Å²) in [5, 5.41) is 8.87. The van der Waals surface area contributed by atoms with Gasteiger partial charge in [-0.2, -0.15) is 0 Å². The Labute approximate surface area is 326 Å². The highest BCUT2D eigenvalue weighted by Crippen LogP contribution is 2.43. The molecule has 0 heterocycles. The summed E-state index contributed by atoms with van der Waals surface area (Å²) >= 11 is 0. The summed E-state index contributed by atoms with van der Waals surface area (Å²) < 4.78 is 32.6. The zero-order valence-corrected chi connectivity index (χ0v) is 34.2. The lowest BCUT2D eigenvalue weighted by atomic mass is 10.1. The van der Waals surface area contributed by atoms with E-state index in [0.717, 1.165) is 103 Å². The standard InChI is InChI=1S/C42H72NO10P/c1-3-5-7-9-11-13-15-16-17-18-19-20-21-22-24-26-28-30-32-34-41(45)53-38(36-51-54(48,49)52-37-39(43)42(46)47)35-50-40(44)33-31-29-27-25-23-14-12-10-8-6-4-2/h5,7,10-13,16-17,19-20,38-39H,3-4,6,8-9,14-15,18,21-37,43H2,1-2H3,(H,46,47)(H,48,49)/b7-5-,12-10-,13-11-,17-16-,20-19-. The first kappa shape index (κ1) is 51.2. The Morgan fingerprint density at radius 1 is 0.593 bits per heavy atom. The van der Waals surface area contributed by atoms with Crippen molar-refractivity contribution in [3.8, 4) is 0 Å². The van der Waals surface area contributed by atoms with Crippen LogP contribution in [-0.4, -0.2) is 59.9 Å². The highest BCUT2D eigenvalue weighted by atomic mass is 31.2. The molecule has 54 heavy (non-hydrogen) atoms. The molecule has 0 aromatic heterocycles. The fourth-order valence-electron chi connectivity index (χ4n) is 5.04. The maximum Gasteiger partial charge on any atom is 0.472 e. The minimum Gasteiger partial charge on any atom is -0.480 e. The number of phosphoric ester groups is 1. The molecule has 0 bridgehead atoms. The minimum atomic E-state index is -4.72. The molecule has 12 heteroatoms. The lowest BCUT2D eigenvalue weighted by Crippen LogP contribution is -2.34. The molecule has 310 valence electrons. The van der Waals surface area contributed by atoms with Crippen LogP contribution in [0.1, 0.15) is 155 Å². The predicted molar refractivity (Wildman–Crippen MR) is 217 cm³/mol. The van der Waals surface area contributed by atoms with Gasteiger partial charge in [0.2, 0.25) is 0 Å². The number of allylic oxidation sites excluding steroid dienone is 10. The third-order valence-corrected chi connectivity index (χ3v) is 9.20. The van der Waals surface area contributed by atoms with Gasteiger partial charge in [-0.25, -0.2) is 4.57 Å². The molecule has 0 amide bonds. The van der Waals surface area contributed by atoms with Gasteiger partial charge < -0.3 is 25.2 Å². The number of unbranched alkanes of at least 4 members (excludes halogenated alkanes) is 13. The summed E-state index contributed by atoms with van der Waals surface area (Å²) in [7, 11) is -4.72. The summed E-state index contributed by atoms with van der Waals surface area (Å²) in [6.45, 7) is 2.60. The number of nitrogens with two attached hydrogens (primary N) is 1. The number of hydrogen-bond donors (Lipinski definition) is 3. The molecular formula is C42H72NO10P. The zero-order valence-electron chi connectivity index (χ0n) is 33.3. The molecule has 0 radical (unpaired) electrons. The molecule has 0 aliphatic carbocycles. The molecule has 0 saturated heterocycles. The van der Waals surface area contributed by atoms with Crippen LogP contribution in [0.5, 0.6) is 0 Å². The van der Waals surface area contributed by atoms with Crippen LogP contribution in [0.15, 0.2) is 60.8 Å². The van der Waals surface area contributed by atoms with Crippen molar-refractivity contribution in [3.63, 3.8) is 0 Å². The molecule has 0 fully saturated rings. The first-order valence-corrected chi connectivity index (χ1v) is 21.8. The molecule has 0 rings (SSSR count). The molecule has 3 unspecified atom stereocenters. The number of carbonyl (C=O) groups excluding carboxylic acids is 2. The van der Waals surface area contributed by atoms with Crippen LogP contribution in [0.4, 0.5) is 0 Å². The van der Waals surface area contributed by atoms with Gasteiger partial charge in [-0.3, -0.25) is 23.4 Å². The van der Waals surface area contributed by atoms with Crippen LogP contribution >= 0.6 is 7.82 Å². The van der Waals surface area contributed by atoms with Crippen LogP contribution in [0.25, 0.3) is 0 Å². The van der Waals surface area contributed by atoms with E-state index in [0.29, 0.717) is 12.8 Å². The van der Waals surface area contributed by atoms with E-state index in [1.807, 2.05) is 0 Å². The van der Waals surface area contributed by atoms with Gasteiger partial charge in [0.05, 0.1) is 13.2 Å². The number of aliphatic carboxylic acids is 1. The lowest BCUT2D eigenvalue weighted by molar-refractivity contribution is -0.161. The zero-order chi connectivity index (χ0) is 40.0. The molecule has 0 aliphatic rings. The number of phosphoric acid groups is 1. The van der Waals surface area contributed by atoms with E-state index in [1.165, 1.54) is 12.8 Å². The number of carboxylic acids is 1. The van der Waals surface area contributed by atoms with E-state index in [1.54, 1.807) is 0 Å². The van der Waals surface area contributed by atoms with Crippen molar-refractivity contribution in [1.29, 1.82) is 0 Å². The number of hydrogen-bond acceptors (Lipinski definition) is 9. The molecule has 4 N–H and O–H groups in total. The van der Waals surface area contributed by atoms with Crippen LogP contribution in [-0.2, 0) is 37.5 Å². The van der Waals surface area contributed by atoms with Gasteiger partial charge in [-0.15, -0.1) is 0 Å². The monoisotopic (exact) mass is 781 g/mol. The summed E-state index contributed by atoms with van der Waals surface area (Å²) in [5.74, 6) is -2.42. The van der Waals surface area contributed by atoms with E-state index in [9.17, 15) is 23.8 Å². The highest BCUT2D eigenvalue weighted by Gasteiger charge is 2.28. The number of rotatable bonds is 37. The largest absolute Gasteiger partial charge is 0.480 e. The molecule has 0 aromatic rings. The van der Waals surface area contributed by atoms with Gasteiger partial charge in [0.1, 0.15) is 12.6 Å². The first-order valence-electron chi connectivity index (χ1n) is 20.3. The van der Waals surface area contributed by atoms with Crippen molar-refractivity contribution in [2.45, 2.75) is 167 Å².